The molecule has 15 heteroatoms. The highest BCUT2D eigenvalue weighted by Gasteiger charge is 2.81. The molecule has 1 heterocycles. The Kier molecular flexibility index (Phi) is 4.53. The summed E-state index contributed by atoms with van der Waals surface area (Å²) in [5, 5.41) is -1.44. The molecule has 23 heavy (non-hydrogen) atoms. The molecule has 0 saturated carbocycles. The van der Waals surface area contributed by atoms with Crippen molar-refractivity contribution in [3.05, 3.63) is 0 Å². The summed E-state index contributed by atoms with van der Waals surface area (Å²) >= 11 is 0. The monoisotopic (exact) mass is 402 g/mol. The Morgan fingerprint density at radius 2 is 1.13 bits per heavy atom. The number of hydrogen-bond donors (Lipinski definition) is 0. The first kappa shape index (κ1) is 20.3. The van der Waals surface area contributed by atoms with Gasteiger partial charge in [0, 0.05) is 6.42 Å². The molecule has 0 unspecified atom stereocenters. The molecule has 4 nitrogen and oxygen atoms in total. The van der Waals surface area contributed by atoms with Gasteiger partial charge in [-0.3, -0.25) is 0 Å². The maximum atomic E-state index is 13.1. The molecule has 0 N–H and O–H groups in total. The molecule has 0 aromatic rings. The Morgan fingerprint density at radius 1 is 0.739 bits per heavy atom. The lowest BCUT2D eigenvalue weighted by atomic mass is 10.00. The van der Waals surface area contributed by atoms with E-state index in [0.29, 0.717) is 0 Å². The van der Waals surface area contributed by atoms with E-state index in [0.717, 1.165) is 0 Å². The number of halogens is 9. The highest BCUT2D eigenvalue weighted by Crippen LogP contribution is 2.54. The molecule has 1 aliphatic heterocycles. The van der Waals surface area contributed by atoms with E-state index in [2.05, 4.69) is 0 Å². The van der Waals surface area contributed by atoms with E-state index in [9.17, 15) is 56.3 Å². The van der Waals surface area contributed by atoms with Crippen molar-refractivity contribution in [2.24, 2.45) is 0 Å². The van der Waals surface area contributed by atoms with Crippen LogP contribution < -0.4 is 0 Å². The van der Waals surface area contributed by atoms with Gasteiger partial charge in [-0.15, -0.1) is 0 Å². The van der Waals surface area contributed by atoms with E-state index in [-0.39, 0.29) is 0 Å². The topological polar surface area (TPSA) is 68.3 Å². The van der Waals surface area contributed by atoms with E-state index in [4.69, 9.17) is 0 Å². The minimum Gasteiger partial charge on any atom is -0.226 e. The van der Waals surface area contributed by atoms with Gasteiger partial charge in [0.15, 0.2) is 29.3 Å². The van der Waals surface area contributed by atoms with Crippen LogP contribution in [0, 0.1) is 0 Å². The van der Waals surface area contributed by atoms with Crippen molar-refractivity contribution in [1.82, 2.24) is 0 Å². The van der Waals surface area contributed by atoms with Gasteiger partial charge in [0.1, 0.15) is 0 Å². The number of rotatable bonds is 5. The van der Waals surface area contributed by atoms with Crippen molar-refractivity contribution in [2.75, 3.05) is 5.08 Å². The first-order valence-electron chi connectivity index (χ1n) is 5.43. The first-order chi connectivity index (χ1) is 9.80. The fourth-order valence-electron chi connectivity index (χ4n) is 1.75. The van der Waals surface area contributed by atoms with Crippen LogP contribution in [0.15, 0.2) is 0 Å². The number of alkyl halides is 9. The molecule has 0 atom stereocenters. The molecular weight excluding hydrogens is 395 g/mol. The largest absolute Gasteiger partial charge is 0.460 e. The Balaban J connectivity index is 3.04. The van der Waals surface area contributed by atoms with E-state index in [1.54, 1.807) is 0 Å². The zero-order valence-electron chi connectivity index (χ0n) is 10.5. The molecule has 0 amide bonds. The highest BCUT2D eigenvalue weighted by molar-refractivity contribution is 8.24. The SMILES string of the molecule is O=S1(=O)CS(=O)(=O)C1CCC(F)(F)C(F)(F)C(F)(F)C(F)(F)F. The summed E-state index contributed by atoms with van der Waals surface area (Å²) in [6.07, 6.45) is -11.2. The van der Waals surface area contributed by atoms with Crippen LogP contribution in [0.25, 0.3) is 0 Å². The normalized spacial score (nSPS) is 22.7. The van der Waals surface area contributed by atoms with Crippen LogP contribution in [-0.2, 0) is 19.7 Å². The van der Waals surface area contributed by atoms with Gasteiger partial charge < -0.3 is 0 Å². The maximum absolute atomic E-state index is 13.1. The Morgan fingerprint density at radius 3 is 1.43 bits per heavy atom. The predicted octanol–water partition coefficient (Wildman–Crippen LogP) is 2.36. The average Bonchev–Trinajstić information content (AvgIpc) is 2.23. The van der Waals surface area contributed by atoms with Crippen LogP contribution in [0.3, 0.4) is 0 Å². The highest BCUT2D eigenvalue weighted by atomic mass is 32.3. The van der Waals surface area contributed by atoms with Gasteiger partial charge >= 0.3 is 23.9 Å². The van der Waals surface area contributed by atoms with Crippen LogP contribution in [0.1, 0.15) is 12.8 Å². The van der Waals surface area contributed by atoms with Crippen LogP contribution in [0.2, 0.25) is 0 Å². The summed E-state index contributed by atoms with van der Waals surface area (Å²) in [6, 6.07) is 0. The summed E-state index contributed by atoms with van der Waals surface area (Å²) in [5.74, 6) is -20.0. The van der Waals surface area contributed by atoms with Gasteiger partial charge in [-0.05, 0) is 6.42 Å². The lowest BCUT2D eigenvalue weighted by Crippen LogP contribution is -2.61. The third kappa shape index (κ3) is 3.13. The molecule has 1 fully saturated rings. The van der Waals surface area contributed by atoms with Crippen molar-refractivity contribution in [3.63, 3.8) is 0 Å². The second-order valence-corrected chi connectivity index (χ2v) is 9.79. The summed E-state index contributed by atoms with van der Waals surface area (Å²) in [6.45, 7) is 0. The molecule has 1 rings (SSSR count). The third-order valence-corrected chi connectivity index (χ3v) is 9.49. The molecule has 138 valence electrons. The van der Waals surface area contributed by atoms with Crippen molar-refractivity contribution in [2.45, 2.75) is 41.4 Å². The number of sulfone groups is 2. The maximum Gasteiger partial charge on any atom is 0.460 e. The fourth-order valence-corrected chi connectivity index (χ4v) is 6.94. The zero-order valence-corrected chi connectivity index (χ0v) is 12.2. The molecule has 0 bridgehead atoms. The molecule has 0 spiro atoms. The second kappa shape index (κ2) is 5.13. The van der Waals surface area contributed by atoms with Gasteiger partial charge in [-0.25, -0.2) is 16.8 Å². The van der Waals surface area contributed by atoms with Crippen LogP contribution >= 0.6 is 0 Å². The molecule has 0 aliphatic carbocycles. The Labute approximate surface area is 123 Å². The molecule has 1 aliphatic rings. The minimum absolute atomic E-state index is 1.44. The lowest BCUT2D eigenvalue weighted by molar-refractivity contribution is -0.396. The fraction of sp³-hybridized carbons (Fsp3) is 1.00. The quantitative estimate of drug-likeness (QED) is 0.663. The van der Waals surface area contributed by atoms with Crippen LogP contribution in [0.5, 0.6) is 0 Å². The standard InChI is InChI=1S/C8H7F9O4S2/c9-5(10,6(11,12)7(13,14)8(15,16)17)2-1-4-22(18,19)3-23(4,20)21/h4H,1-3H2. The Hall–Kier alpha value is -0.730. The second-order valence-electron chi connectivity index (χ2n) is 4.76. The smallest absolute Gasteiger partial charge is 0.226 e. The third-order valence-electron chi connectivity index (χ3n) is 3.03. The summed E-state index contributed by atoms with van der Waals surface area (Å²) in [7, 11) is -8.88. The van der Waals surface area contributed by atoms with E-state index < -0.39 is 66.1 Å². The minimum atomic E-state index is -7.10. The molecule has 0 aromatic heterocycles. The average molecular weight is 402 g/mol. The summed E-state index contributed by atoms with van der Waals surface area (Å²) in [4.78, 5) is 0. The molecule has 0 radical (unpaired) electrons. The van der Waals surface area contributed by atoms with E-state index in [1.807, 2.05) is 0 Å². The first-order valence-corrected chi connectivity index (χ1v) is 8.86. The lowest BCUT2D eigenvalue weighted by Gasteiger charge is -2.35. The van der Waals surface area contributed by atoms with Crippen molar-refractivity contribution in [3.8, 4) is 0 Å². The van der Waals surface area contributed by atoms with Crippen molar-refractivity contribution < 1.29 is 56.3 Å². The van der Waals surface area contributed by atoms with Crippen molar-refractivity contribution in [1.29, 1.82) is 0 Å². The predicted molar refractivity (Wildman–Crippen MR) is 56.6 cm³/mol. The van der Waals surface area contributed by atoms with Crippen LogP contribution in [0.4, 0.5) is 39.5 Å². The van der Waals surface area contributed by atoms with E-state index in [1.165, 1.54) is 0 Å². The van der Waals surface area contributed by atoms with Gasteiger partial charge in [0.2, 0.25) is 0 Å². The zero-order chi connectivity index (χ0) is 18.7. The summed E-state index contributed by atoms with van der Waals surface area (Å²) in [5.41, 5.74) is 0. The summed E-state index contributed by atoms with van der Waals surface area (Å²) < 4.78 is 154. The Bertz CT molecular complexity index is 645. The van der Waals surface area contributed by atoms with Gasteiger partial charge in [-0.1, -0.05) is 0 Å². The molecule has 1 saturated heterocycles. The van der Waals surface area contributed by atoms with Gasteiger partial charge in [0.25, 0.3) is 0 Å². The van der Waals surface area contributed by atoms with Crippen LogP contribution in [-0.4, -0.2) is 50.4 Å². The molecule has 0 aromatic carbocycles. The molecular formula is C8H7F9O4S2. The van der Waals surface area contributed by atoms with Gasteiger partial charge in [-0.2, -0.15) is 39.5 Å². The number of hydrogen-bond acceptors (Lipinski definition) is 4. The van der Waals surface area contributed by atoms with Crippen molar-refractivity contribution >= 4 is 19.7 Å². The van der Waals surface area contributed by atoms with E-state index >= 15 is 0 Å². The van der Waals surface area contributed by atoms with Gasteiger partial charge in [0.05, 0.1) is 0 Å².